The lowest BCUT2D eigenvalue weighted by Gasteiger charge is -2.24. The van der Waals surface area contributed by atoms with E-state index in [1.165, 1.54) is 0 Å². The summed E-state index contributed by atoms with van der Waals surface area (Å²) in [6, 6.07) is 23.0. The number of aryl methyl sites for hydroxylation is 1. The molecule has 1 unspecified atom stereocenters. The largest absolute Gasteiger partial charge is 0.464 e. The highest BCUT2D eigenvalue weighted by atomic mass is 35.5. The molecule has 1 aliphatic heterocycles. The van der Waals surface area contributed by atoms with Gasteiger partial charge in [0.2, 0.25) is 0 Å². The molecule has 7 nitrogen and oxygen atoms in total. The maximum absolute atomic E-state index is 13.5. The highest BCUT2D eigenvalue weighted by Gasteiger charge is 2.49. The van der Waals surface area contributed by atoms with Crippen LogP contribution in [-0.4, -0.2) is 32.4 Å². The standard InChI is InChI=1S/C33H28ClN3O4/c34-23-9-4-7-21(17-23)29(38)31(40)37-15-5-11-27-25(18-37)30(39)36-32(35-27)33(13-14-33)22-8-3-6-20(16-22)26-19-41-28-12-2-1-10-24(26)28/h1-4,6-10,12,16-17,19,29,38H,5,11,13-15,18H2,(H,35,36,39). The van der Waals surface area contributed by atoms with Gasteiger partial charge in [0.25, 0.3) is 11.5 Å². The molecule has 2 aromatic heterocycles. The number of aromatic nitrogens is 2. The lowest BCUT2D eigenvalue weighted by molar-refractivity contribution is -0.141. The summed E-state index contributed by atoms with van der Waals surface area (Å²) in [6.07, 6.45) is 3.45. The van der Waals surface area contributed by atoms with Crippen molar-refractivity contribution < 1.29 is 14.3 Å². The van der Waals surface area contributed by atoms with Crippen molar-refractivity contribution in [1.82, 2.24) is 14.9 Å². The van der Waals surface area contributed by atoms with E-state index in [1.54, 1.807) is 35.4 Å². The smallest absolute Gasteiger partial charge is 0.256 e. The van der Waals surface area contributed by atoms with Gasteiger partial charge in [0, 0.05) is 22.5 Å². The Labute approximate surface area is 241 Å². The van der Waals surface area contributed by atoms with E-state index in [9.17, 15) is 14.7 Å². The third-order valence-corrected chi connectivity index (χ3v) is 8.65. The van der Waals surface area contributed by atoms with Crippen LogP contribution in [0.4, 0.5) is 0 Å². The van der Waals surface area contributed by atoms with Gasteiger partial charge in [-0.15, -0.1) is 0 Å². The summed E-state index contributed by atoms with van der Waals surface area (Å²) in [5.41, 5.74) is 5.09. The van der Waals surface area contributed by atoms with Crippen LogP contribution in [-0.2, 0) is 23.2 Å². The molecule has 2 N–H and O–H groups in total. The molecule has 1 saturated carbocycles. The zero-order valence-electron chi connectivity index (χ0n) is 22.3. The number of carbonyl (C=O) groups is 1. The van der Waals surface area contributed by atoms with Gasteiger partial charge in [0.05, 0.1) is 29.5 Å². The second kappa shape index (κ2) is 10.0. The number of H-pyrrole nitrogens is 1. The van der Waals surface area contributed by atoms with Gasteiger partial charge in [-0.25, -0.2) is 4.98 Å². The number of aliphatic hydroxyl groups is 1. The fourth-order valence-corrected chi connectivity index (χ4v) is 6.20. The molecule has 5 aromatic rings. The molecule has 1 fully saturated rings. The van der Waals surface area contributed by atoms with E-state index in [0.717, 1.165) is 46.2 Å². The summed E-state index contributed by atoms with van der Waals surface area (Å²) in [4.78, 5) is 36.3. The van der Waals surface area contributed by atoms with Crippen LogP contribution >= 0.6 is 11.6 Å². The minimum absolute atomic E-state index is 0.102. The Morgan fingerprint density at radius 1 is 1.07 bits per heavy atom. The molecular formula is C33H28ClN3O4. The van der Waals surface area contributed by atoms with Crippen molar-refractivity contribution in [2.45, 2.75) is 43.7 Å². The van der Waals surface area contributed by atoms with Gasteiger partial charge >= 0.3 is 0 Å². The van der Waals surface area contributed by atoms with E-state index in [0.29, 0.717) is 41.4 Å². The molecule has 3 aromatic carbocycles. The average Bonchev–Trinajstić information content (AvgIpc) is 3.74. The zero-order valence-corrected chi connectivity index (χ0v) is 23.0. The number of aliphatic hydroxyl groups excluding tert-OH is 1. The molecule has 1 amide bonds. The number of halogens is 1. The number of hydrogen-bond acceptors (Lipinski definition) is 5. The first kappa shape index (κ1) is 25.7. The molecule has 3 heterocycles. The summed E-state index contributed by atoms with van der Waals surface area (Å²) < 4.78 is 5.78. The van der Waals surface area contributed by atoms with Crippen LogP contribution in [0.15, 0.2) is 88.3 Å². The number of hydrogen-bond donors (Lipinski definition) is 2. The molecule has 0 bridgehead atoms. The number of benzene rings is 3. The first-order valence-corrected chi connectivity index (χ1v) is 14.2. The van der Waals surface area contributed by atoms with Gasteiger partial charge in [-0.1, -0.05) is 60.1 Å². The second-order valence-electron chi connectivity index (χ2n) is 11.0. The Morgan fingerprint density at radius 2 is 1.90 bits per heavy atom. The van der Waals surface area contributed by atoms with Crippen molar-refractivity contribution in [3.63, 3.8) is 0 Å². The number of para-hydroxylation sites is 1. The number of rotatable bonds is 5. The van der Waals surface area contributed by atoms with E-state index in [1.807, 2.05) is 24.3 Å². The maximum Gasteiger partial charge on any atom is 0.256 e. The van der Waals surface area contributed by atoms with Crippen molar-refractivity contribution in [2.24, 2.45) is 0 Å². The fourth-order valence-electron chi connectivity index (χ4n) is 6.00. The van der Waals surface area contributed by atoms with Gasteiger partial charge in [-0.05, 0) is 66.6 Å². The van der Waals surface area contributed by atoms with Crippen molar-refractivity contribution >= 4 is 28.5 Å². The fraction of sp³-hybridized carbons (Fsp3) is 0.242. The number of nitrogens with zero attached hydrogens (tertiary/aromatic N) is 2. The van der Waals surface area contributed by atoms with Gasteiger partial charge < -0.3 is 19.4 Å². The van der Waals surface area contributed by atoms with Crippen molar-refractivity contribution in [3.05, 3.63) is 123 Å². The van der Waals surface area contributed by atoms with E-state index in [4.69, 9.17) is 21.0 Å². The van der Waals surface area contributed by atoms with Crippen LogP contribution in [0.1, 0.15) is 53.6 Å². The van der Waals surface area contributed by atoms with Gasteiger partial charge in [-0.3, -0.25) is 9.59 Å². The third kappa shape index (κ3) is 4.55. The zero-order chi connectivity index (χ0) is 28.1. The summed E-state index contributed by atoms with van der Waals surface area (Å²) in [5, 5.41) is 12.3. The third-order valence-electron chi connectivity index (χ3n) is 8.41. The van der Waals surface area contributed by atoms with E-state index in [2.05, 4.69) is 29.2 Å². The number of aromatic amines is 1. The van der Waals surface area contributed by atoms with Crippen LogP contribution in [0, 0.1) is 0 Å². The lowest BCUT2D eigenvalue weighted by atomic mass is 9.91. The first-order valence-electron chi connectivity index (χ1n) is 13.8. The molecule has 0 saturated heterocycles. The molecule has 2 aliphatic rings. The van der Waals surface area contributed by atoms with Crippen LogP contribution in [0.3, 0.4) is 0 Å². The van der Waals surface area contributed by atoms with E-state index >= 15 is 0 Å². The van der Waals surface area contributed by atoms with E-state index in [-0.39, 0.29) is 17.5 Å². The Bertz CT molecular complexity index is 1860. The average molecular weight is 566 g/mol. The number of fused-ring (bicyclic) bond motifs is 2. The summed E-state index contributed by atoms with van der Waals surface area (Å²) in [6.45, 7) is 0.526. The maximum atomic E-state index is 13.5. The van der Waals surface area contributed by atoms with Crippen molar-refractivity contribution in [3.8, 4) is 11.1 Å². The SMILES string of the molecule is O=C(C(O)c1cccc(Cl)c1)N1CCCc2nc(C3(c4cccc(-c5coc6ccccc56)c4)CC3)[nH]c(=O)c2C1. The van der Waals surface area contributed by atoms with Gasteiger partial charge in [0.15, 0.2) is 6.10 Å². The minimum atomic E-state index is -1.35. The van der Waals surface area contributed by atoms with Crippen LogP contribution in [0.5, 0.6) is 0 Å². The number of nitrogens with one attached hydrogen (secondary N) is 1. The normalized spacial score (nSPS) is 16.7. The molecule has 1 atom stereocenters. The van der Waals surface area contributed by atoms with Crippen molar-refractivity contribution in [1.29, 1.82) is 0 Å². The van der Waals surface area contributed by atoms with Crippen molar-refractivity contribution in [2.75, 3.05) is 6.54 Å². The molecule has 1 aliphatic carbocycles. The Kier molecular flexibility index (Phi) is 6.29. The van der Waals surface area contributed by atoms with Gasteiger partial charge in [-0.2, -0.15) is 0 Å². The van der Waals surface area contributed by atoms with Crippen LogP contribution in [0.25, 0.3) is 22.1 Å². The second-order valence-corrected chi connectivity index (χ2v) is 11.4. The highest BCUT2D eigenvalue weighted by Crippen LogP contribution is 2.52. The van der Waals surface area contributed by atoms with E-state index < -0.39 is 12.0 Å². The molecule has 7 rings (SSSR count). The minimum Gasteiger partial charge on any atom is -0.464 e. The van der Waals surface area contributed by atoms with Crippen LogP contribution in [0.2, 0.25) is 5.02 Å². The Morgan fingerprint density at radius 3 is 2.73 bits per heavy atom. The number of amides is 1. The Hall–Kier alpha value is -4.20. The topological polar surface area (TPSA) is 99.4 Å². The van der Waals surface area contributed by atoms with Crippen LogP contribution < -0.4 is 5.56 Å². The number of carbonyl (C=O) groups excluding carboxylic acids is 1. The summed E-state index contributed by atoms with van der Waals surface area (Å²) in [5.74, 6) is 0.222. The molecule has 8 heteroatoms. The predicted octanol–water partition coefficient (Wildman–Crippen LogP) is 5.92. The molecule has 0 radical (unpaired) electrons. The molecule has 206 valence electrons. The summed E-state index contributed by atoms with van der Waals surface area (Å²) in [7, 11) is 0. The lowest BCUT2D eigenvalue weighted by Crippen LogP contribution is -2.36. The Balaban J connectivity index is 1.19. The van der Waals surface area contributed by atoms with Gasteiger partial charge in [0.1, 0.15) is 11.4 Å². The molecule has 0 spiro atoms. The number of furan rings is 1. The first-order chi connectivity index (χ1) is 19.9. The summed E-state index contributed by atoms with van der Waals surface area (Å²) >= 11 is 6.06. The highest BCUT2D eigenvalue weighted by molar-refractivity contribution is 6.30. The molecular weight excluding hydrogens is 538 g/mol. The predicted molar refractivity (Wildman–Crippen MR) is 157 cm³/mol. The molecule has 41 heavy (non-hydrogen) atoms. The quantitative estimate of drug-likeness (QED) is 0.275. The monoisotopic (exact) mass is 565 g/mol.